The molecule has 1 atom stereocenters. The summed E-state index contributed by atoms with van der Waals surface area (Å²) in [6.45, 7) is 0. The van der Waals surface area contributed by atoms with Crippen LogP contribution in [0.1, 0.15) is 22.8 Å². The lowest BCUT2D eigenvalue weighted by molar-refractivity contribution is -0.115. The molecule has 0 fully saturated rings. The molecule has 3 nitrogen and oxygen atoms in total. The molecule has 0 saturated carbocycles. The van der Waals surface area contributed by atoms with Gasteiger partial charge < -0.3 is 10.4 Å². The molecule has 2 aromatic carbocycles. The van der Waals surface area contributed by atoms with Gasteiger partial charge in [-0.2, -0.15) is 0 Å². The molecule has 1 heterocycles. The molecule has 102 valence electrons. The van der Waals surface area contributed by atoms with Gasteiger partial charge in [0.15, 0.2) is 0 Å². The molecule has 0 aromatic heterocycles. The van der Waals surface area contributed by atoms with Gasteiger partial charge in [0, 0.05) is 10.6 Å². The van der Waals surface area contributed by atoms with Gasteiger partial charge in [-0.25, -0.2) is 4.39 Å². The van der Waals surface area contributed by atoms with Crippen molar-refractivity contribution in [3.63, 3.8) is 0 Å². The van der Waals surface area contributed by atoms with E-state index in [0.717, 1.165) is 0 Å². The first-order valence-corrected chi connectivity index (χ1v) is 6.48. The Morgan fingerprint density at radius 1 is 1.30 bits per heavy atom. The monoisotopic (exact) mass is 291 g/mol. The first-order chi connectivity index (χ1) is 9.56. The Kier molecular flexibility index (Phi) is 3.20. The highest BCUT2D eigenvalue weighted by atomic mass is 35.5. The highest BCUT2D eigenvalue weighted by molar-refractivity contribution is 6.31. The molecule has 0 bridgehead atoms. The SMILES string of the molecule is O=C1Cc2cc(C(O)c3ccccc3Cl)cc(F)c2N1. The third-order valence-corrected chi connectivity index (χ3v) is 3.67. The third-order valence-electron chi connectivity index (χ3n) is 3.33. The van der Waals surface area contributed by atoms with Gasteiger partial charge in [0.05, 0.1) is 12.1 Å². The van der Waals surface area contributed by atoms with Crippen molar-refractivity contribution in [3.8, 4) is 0 Å². The Labute approximate surface area is 120 Å². The van der Waals surface area contributed by atoms with E-state index in [2.05, 4.69) is 5.32 Å². The number of anilines is 1. The van der Waals surface area contributed by atoms with Gasteiger partial charge in [0.1, 0.15) is 11.9 Å². The molecule has 0 aliphatic carbocycles. The van der Waals surface area contributed by atoms with E-state index in [0.29, 0.717) is 21.7 Å². The molecular formula is C15H11ClFNO2. The van der Waals surface area contributed by atoms with E-state index in [1.54, 1.807) is 30.3 Å². The first kappa shape index (κ1) is 13.1. The van der Waals surface area contributed by atoms with Crippen LogP contribution in [0.5, 0.6) is 0 Å². The van der Waals surface area contributed by atoms with Crippen LogP contribution in [0.2, 0.25) is 5.02 Å². The molecule has 20 heavy (non-hydrogen) atoms. The predicted octanol–water partition coefficient (Wildman–Crippen LogP) is 3.06. The van der Waals surface area contributed by atoms with E-state index in [1.807, 2.05) is 0 Å². The zero-order valence-electron chi connectivity index (χ0n) is 10.4. The highest BCUT2D eigenvalue weighted by Gasteiger charge is 2.24. The van der Waals surface area contributed by atoms with Crippen LogP contribution < -0.4 is 5.32 Å². The molecule has 1 aliphatic rings. The van der Waals surface area contributed by atoms with Gasteiger partial charge >= 0.3 is 0 Å². The van der Waals surface area contributed by atoms with Crippen LogP contribution in [0.4, 0.5) is 10.1 Å². The highest BCUT2D eigenvalue weighted by Crippen LogP contribution is 2.33. The number of carbonyl (C=O) groups excluding carboxylic acids is 1. The number of aliphatic hydroxyl groups is 1. The standard InChI is InChI=1S/C15H11ClFNO2/c16-11-4-2-1-3-10(11)15(20)9-5-8-7-13(19)18-14(8)12(17)6-9/h1-6,15,20H,7H2,(H,18,19). The summed E-state index contributed by atoms with van der Waals surface area (Å²) in [7, 11) is 0. The van der Waals surface area contributed by atoms with Crippen molar-refractivity contribution in [3.05, 3.63) is 63.9 Å². The van der Waals surface area contributed by atoms with E-state index >= 15 is 0 Å². The molecule has 2 aromatic rings. The summed E-state index contributed by atoms with van der Waals surface area (Å²) in [5, 5.41) is 13.2. The smallest absolute Gasteiger partial charge is 0.228 e. The maximum Gasteiger partial charge on any atom is 0.228 e. The third kappa shape index (κ3) is 2.17. The van der Waals surface area contributed by atoms with Gasteiger partial charge in [0.2, 0.25) is 5.91 Å². The van der Waals surface area contributed by atoms with E-state index in [9.17, 15) is 14.3 Å². The number of halogens is 2. The number of hydrogen-bond acceptors (Lipinski definition) is 2. The number of amides is 1. The Bertz CT molecular complexity index is 702. The summed E-state index contributed by atoms with van der Waals surface area (Å²) in [6, 6.07) is 9.70. The van der Waals surface area contributed by atoms with Crippen molar-refractivity contribution in [2.45, 2.75) is 12.5 Å². The fraction of sp³-hybridized carbons (Fsp3) is 0.133. The van der Waals surface area contributed by atoms with Crippen LogP contribution in [-0.4, -0.2) is 11.0 Å². The Morgan fingerprint density at radius 3 is 2.80 bits per heavy atom. The van der Waals surface area contributed by atoms with Crippen molar-refractivity contribution >= 4 is 23.2 Å². The van der Waals surface area contributed by atoms with Crippen molar-refractivity contribution in [2.75, 3.05) is 5.32 Å². The number of rotatable bonds is 2. The second-order valence-electron chi connectivity index (χ2n) is 4.69. The molecule has 0 spiro atoms. The molecule has 0 saturated heterocycles. The first-order valence-electron chi connectivity index (χ1n) is 6.11. The number of benzene rings is 2. The lowest BCUT2D eigenvalue weighted by Crippen LogP contribution is -2.04. The van der Waals surface area contributed by atoms with Crippen molar-refractivity contribution in [1.29, 1.82) is 0 Å². The molecule has 3 rings (SSSR count). The summed E-state index contributed by atoms with van der Waals surface area (Å²) >= 11 is 6.03. The number of fused-ring (bicyclic) bond motifs is 1. The fourth-order valence-electron chi connectivity index (χ4n) is 2.36. The van der Waals surface area contributed by atoms with Crippen LogP contribution in [0.3, 0.4) is 0 Å². The summed E-state index contributed by atoms with van der Waals surface area (Å²) in [6.07, 6.45) is -0.908. The summed E-state index contributed by atoms with van der Waals surface area (Å²) < 4.78 is 13.9. The molecule has 2 N–H and O–H groups in total. The minimum Gasteiger partial charge on any atom is -0.384 e. The van der Waals surface area contributed by atoms with Crippen molar-refractivity contribution in [2.24, 2.45) is 0 Å². The van der Waals surface area contributed by atoms with Crippen LogP contribution in [-0.2, 0) is 11.2 Å². The molecule has 0 radical (unpaired) electrons. The Balaban J connectivity index is 2.04. The van der Waals surface area contributed by atoms with Crippen LogP contribution in [0.15, 0.2) is 36.4 Å². The molecule has 1 unspecified atom stereocenters. The van der Waals surface area contributed by atoms with Crippen LogP contribution in [0.25, 0.3) is 0 Å². The van der Waals surface area contributed by atoms with Gasteiger partial charge in [0.25, 0.3) is 0 Å². The predicted molar refractivity (Wildman–Crippen MR) is 74.2 cm³/mol. The van der Waals surface area contributed by atoms with Gasteiger partial charge in [-0.1, -0.05) is 35.9 Å². The molecule has 1 amide bonds. The van der Waals surface area contributed by atoms with Crippen molar-refractivity contribution < 1.29 is 14.3 Å². The maximum atomic E-state index is 13.9. The normalized spacial score (nSPS) is 14.8. The number of carbonyl (C=O) groups is 1. The fourth-order valence-corrected chi connectivity index (χ4v) is 2.60. The van der Waals surface area contributed by atoms with Gasteiger partial charge in [-0.3, -0.25) is 4.79 Å². The summed E-state index contributed by atoms with van der Waals surface area (Å²) in [5.74, 6) is -0.794. The second-order valence-corrected chi connectivity index (χ2v) is 5.09. The number of aliphatic hydroxyl groups excluding tert-OH is 1. The van der Waals surface area contributed by atoms with E-state index in [1.165, 1.54) is 6.07 Å². The molecular weight excluding hydrogens is 281 g/mol. The van der Waals surface area contributed by atoms with Gasteiger partial charge in [-0.15, -0.1) is 0 Å². The molecule has 1 aliphatic heterocycles. The van der Waals surface area contributed by atoms with E-state index < -0.39 is 11.9 Å². The average molecular weight is 292 g/mol. The maximum absolute atomic E-state index is 13.9. The lowest BCUT2D eigenvalue weighted by atomic mass is 9.98. The number of hydrogen-bond donors (Lipinski definition) is 2. The zero-order chi connectivity index (χ0) is 14.3. The Hall–Kier alpha value is -1.91. The second kappa shape index (κ2) is 4.89. The topological polar surface area (TPSA) is 49.3 Å². The van der Waals surface area contributed by atoms with Gasteiger partial charge in [-0.05, 0) is 23.3 Å². The zero-order valence-corrected chi connectivity index (χ0v) is 11.1. The average Bonchev–Trinajstić information content (AvgIpc) is 2.79. The number of nitrogens with one attached hydrogen (secondary N) is 1. The Morgan fingerprint density at radius 2 is 2.05 bits per heavy atom. The van der Waals surface area contributed by atoms with Crippen LogP contribution >= 0.6 is 11.6 Å². The largest absolute Gasteiger partial charge is 0.384 e. The minimum atomic E-state index is -1.03. The molecule has 5 heteroatoms. The van der Waals surface area contributed by atoms with E-state index in [4.69, 9.17) is 11.6 Å². The summed E-state index contributed by atoms with van der Waals surface area (Å²) in [4.78, 5) is 11.3. The quantitative estimate of drug-likeness (QED) is 0.893. The van der Waals surface area contributed by atoms with Crippen molar-refractivity contribution in [1.82, 2.24) is 0 Å². The summed E-state index contributed by atoms with van der Waals surface area (Å²) in [5.41, 5.74) is 1.64. The lowest BCUT2D eigenvalue weighted by Gasteiger charge is -2.14. The minimum absolute atomic E-state index is 0.120. The van der Waals surface area contributed by atoms with E-state index in [-0.39, 0.29) is 18.0 Å². The van der Waals surface area contributed by atoms with Crippen LogP contribution in [0, 0.1) is 5.82 Å².